The van der Waals surface area contributed by atoms with Crippen LogP contribution in [0.15, 0.2) is 47.0 Å². The molecular formula is C19H19NO5. The maximum Gasteiger partial charge on any atom is 0.230 e. The fraction of sp³-hybridized carbons (Fsp3) is 0.211. The Kier molecular flexibility index (Phi) is 4.79. The Hall–Kier alpha value is -3.15. The molecule has 0 spiro atoms. The molecule has 6 heteroatoms. The summed E-state index contributed by atoms with van der Waals surface area (Å²) >= 11 is 0. The number of oxazole rings is 1. The minimum atomic E-state index is 0.434. The van der Waals surface area contributed by atoms with Gasteiger partial charge < -0.3 is 23.4 Å². The molecule has 2 aromatic carbocycles. The smallest absolute Gasteiger partial charge is 0.230 e. The van der Waals surface area contributed by atoms with Crippen LogP contribution in [0.4, 0.5) is 0 Å². The maximum absolute atomic E-state index is 5.95. The molecule has 0 radical (unpaired) electrons. The second kappa shape index (κ2) is 7.17. The largest absolute Gasteiger partial charge is 0.497 e. The first-order chi connectivity index (χ1) is 12.2. The molecule has 6 nitrogen and oxygen atoms in total. The fourth-order valence-corrected chi connectivity index (χ4v) is 2.58. The normalized spacial score (nSPS) is 10.4. The van der Waals surface area contributed by atoms with E-state index in [-0.39, 0.29) is 0 Å². The Balaban J connectivity index is 2.05. The summed E-state index contributed by atoms with van der Waals surface area (Å²) in [7, 11) is 6.37. The average molecular weight is 341 g/mol. The molecule has 0 fully saturated rings. The molecule has 0 N–H and O–H groups in total. The highest BCUT2D eigenvalue weighted by Crippen LogP contribution is 2.40. The van der Waals surface area contributed by atoms with Crippen LogP contribution in [-0.4, -0.2) is 33.4 Å². The maximum atomic E-state index is 5.95. The lowest BCUT2D eigenvalue weighted by Crippen LogP contribution is -1.93. The minimum Gasteiger partial charge on any atom is -0.497 e. The number of nitrogens with zero attached hydrogens (tertiary/aromatic N) is 1. The zero-order chi connectivity index (χ0) is 17.8. The van der Waals surface area contributed by atoms with E-state index < -0.39 is 0 Å². The van der Waals surface area contributed by atoms with E-state index in [1.165, 1.54) is 0 Å². The van der Waals surface area contributed by atoms with Crippen LogP contribution >= 0.6 is 0 Å². The first-order valence-corrected chi connectivity index (χ1v) is 7.61. The van der Waals surface area contributed by atoms with Gasteiger partial charge in [0.25, 0.3) is 0 Å². The zero-order valence-electron chi connectivity index (χ0n) is 14.5. The lowest BCUT2D eigenvalue weighted by molar-refractivity contribution is 0.355. The number of hydrogen-bond acceptors (Lipinski definition) is 6. The van der Waals surface area contributed by atoms with Gasteiger partial charge in [-0.25, -0.2) is 4.98 Å². The number of rotatable bonds is 6. The van der Waals surface area contributed by atoms with E-state index in [9.17, 15) is 0 Å². The van der Waals surface area contributed by atoms with E-state index in [0.717, 1.165) is 5.56 Å². The van der Waals surface area contributed by atoms with Crippen LogP contribution in [0.2, 0.25) is 0 Å². The van der Waals surface area contributed by atoms with Crippen molar-refractivity contribution >= 4 is 0 Å². The molecule has 1 heterocycles. The Morgan fingerprint density at radius 3 is 2.28 bits per heavy atom. The lowest BCUT2D eigenvalue weighted by Gasteiger charge is -2.10. The molecule has 0 saturated carbocycles. The summed E-state index contributed by atoms with van der Waals surface area (Å²) in [5.74, 6) is 3.54. The van der Waals surface area contributed by atoms with Crippen LogP contribution in [0.1, 0.15) is 0 Å². The van der Waals surface area contributed by atoms with E-state index in [1.54, 1.807) is 40.7 Å². The van der Waals surface area contributed by atoms with Gasteiger partial charge in [-0.3, -0.25) is 0 Å². The number of ether oxygens (including phenoxy) is 4. The van der Waals surface area contributed by atoms with Gasteiger partial charge in [-0.05, 0) is 24.3 Å². The standard InChI is InChI=1S/C19H19NO5/c1-21-12-8-9-13(16(10-12)23-3)17-11-20-19(25-17)14-6-5-7-15(22-2)18(14)24-4/h5-11H,1-4H3. The molecule has 25 heavy (non-hydrogen) atoms. The molecule has 0 aliphatic heterocycles. The van der Waals surface area contributed by atoms with Gasteiger partial charge >= 0.3 is 0 Å². The van der Waals surface area contributed by atoms with Crippen molar-refractivity contribution in [2.24, 2.45) is 0 Å². The molecule has 0 bridgehead atoms. The van der Waals surface area contributed by atoms with E-state index in [0.29, 0.717) is 40.2 Å². The Bertz CT molecular complexity index is 872. The predicted molar refractivity (Wildman–Crippen MR) is 93.6 cm³/mol. The van der Waals surface area contributed by atoms with Crippen molar-refractivity contribution in [3.05, 3.63) is 42.6 Å². The van der Waals surface area contributed by atoms with Gasteiger partial charge in [0.2, 0.25) is 5.89 Å². The Labute approximate surface area is 145 Å². The average Bonchev–Trinajstić information content (AvgIpc) is 3.16. The van der Waals surface area contributed by atoms with Crippen molar-refractivity contribution in [3.8, 4) is 45.8 Å². The third kappa shape index (κ3) is 3.10. The number of methoxy groups -OCH3 is 4. The second-order valence-corrected chi connectivity index (χ2v) is 5.14. The van der Waals surface area contributed by atoms with E-state index in [4.69, 9.17) is 23.4 Å². The third-order valence-corrected chi connectivity index (χ3v) is 3.81. The van der Waals surface area contributed by atoms with Crippen molar-refractivity contribution in [1.29, 1.82) is 0 Å². The molecular weight excluding hydrogens is 322 g/mol. The van der Waals surface area contributed by atoms with Crippen molar-refractivity contribution in [2.75, 3.05) is 28.4 Å². The summed E-state index contributed by atoms with van der Waals surface area (Å²) in [6, 6.07) is 11.0. The summed E-state index contributed by atoms with van der Waals surface area (Å²) in [6.07, 6.45) is 1.65. The monoisotopic (exact) mass is 341 g/mol. The first kappa shape index (κ1) is 16.7. The third-order valence-electron chi connectivity index (χ3n) is 3.81. The van der Waals surface area contributed by atoms with Gasteiger partial charge in [0.05, 0.1) is 45.8 Å². The molecule has 0 aliphatic carbocycles. The highest BCUT2D eigenvalue weighted by atomic mass is 16.5. The van der Waals surface area contributed by atoms with Crippen LogP contribution in [0.25, 0.3) is 22.8 Å². The highest BCUT2D eigenvalue weighted by Gasteiger charge is 2.18. The van der Waals surface area contributed by atoms with Crippen LogP contribution < -0.4 is 18.9 Å². The van der Waals surface area contributed by atoms with E-state index in [2.05, 4.69) is 4.98 Å². The molecule has 0 unspecified atom stereocenters. The van der Waals surface area contributed by atoms with Gasteiger partial charge in [0, 0.05) is 6.07 Å². The van der Waals surface area contributed by atoms with E-state index >= 15 is 0 Å². The molecule has 0 saturated heterocycles. The quantitative estimate of drug-likeness (QED) is 0.674. The topological polar surface area (TPSA) is 63.0 Å². The molecule has 0 amide bonds. The summed E-state index contributed by atoms with van der Waals surface area (Å²) in [4.78, 5) is 4.38. The summed E-state index contributed by atoms with van der Waals surface area (Å²) in [5.41, 5.74) is 1.49. The highest BCUT2D eigenvalue weighted by molar-refractivity contribution is 5.71. The molecule has 0 aliphatic rings. The Morgan fingerprint density at radius 2 is 1.60 bits per heavy atom. The van der Waals surface area contributed by atoms with Gasteiger partial charge in [0.15, 0.2) is 17.3 Å². The minimum absolute atomic E-state index is 0.434. The molecule has 3 rings (SSSR count). The van der Waals surface area contributed by atoms with Crippen LogP contribution in [0.5, 0.6) is 23.0 Å². The summed E-state index contributed by atoms with van der Waals surface area (Å²) in [5, 5.41) is 0. The predicted octanol–water partition coefficient (Wildman–Crippen LogP) is 4.04. The second-order valence-electron chi connectivity index (χ2n) is 5.14. The first-order valence-electron chi connectivity index (χ1n) is 7.61. The SMILES string of the molecule is COc1ccc(-c2cnc(-c3cccc(OC)c3OC)o2)c(OC)c1. The zero-order valence-corrected chi connectivity index (χ0v) is 14.5. The molecule has 3 aromatic rings. The van der Waals surface area contributed by atoms with Crippen LogP contribution in [0.3, 0.4) is 0 Å². The molecule has 130 valence electrons. The van der Waals surface area contributed by atoms with Gasteiger partial charge in [-0.1, -0.05) is 6.07 Å². The number of benzene rings is 2. The van der Waals surface area contributed by atoms with Crippen LogP contribution in [-0.2, 0) is 0 Å². The van der Waals surface area contributed by atoms with Gasteiger partial charge in [0.1, 0.15) is 11.5 Å². The number of aromatic nitrogens is 1. The van der Waals surface area contributed by atoms with Crippen molar-refractivity contribution < 1.29 is 23.4 Å². The van der Waals surface area contributed by atoms with Gasteiger partial charge in [-0.2, -0.15) is 0 Å². The number of hydrogen-bond donors (Lipinski definition) is 0. The van der Waals surface area contributed by atoms with E-state index in [1.807, 2.05) is 30.3 Å². The summed E-state index contributed by atoms with van der Waals surface area (Å²) < 4.78 is 27.4. The van der Waals surface area contributed by atoms with Gasteiger partial charge in [-0.15, -0.1) is 0 Å². The van der Waals surface area contributed by atoms with Crippen molar-refractivity contribution in [3.63, 3.8) is 0 Å². The van der Waals surface area contributed by atoms with Crippen molar-refractivity contribution in [2.45, 2.75) is 0 Å². The molecule has 1 aromatic heterocycles. The van der Waals surface area contributed by atoms with Crippen molar-refractivity contribution in [1.82, 2.24) is 4.98 Å². The molecule has 0 atom stereocenters. The Morgan fingerprint density at radius 1 is 0.800 bits per heavy atom. The lowest BCUT2D eigenvalue weighted by atomic mass is 10.1. The van der Waals surface area contributed by atoms with Crippen LogP contribution in [0, 0.1) is 0 Å². The fourth-order valence-electron chi connectivity index (χ4n) is 2.58. The number of para-hydroxylation sites is 1. The summed E-state index contributed by atoms with van der Waals surface area (Å²) in [6.45, 7) is 0.